The summed E-state index contributed by atoms with van der Waals surface area (Å²) in [5.74, 6) is 1.36. The third-order valence-corrected chi connectivity index (χ3v) is 7.16. The second kappa shape index (κ2) is 10.6. The summed E-state index contributed by atoms with van der Waals surface area (Å²) < 4.78 is 6.16. The number of ether oxygens (including phenoxy) is 1. The molecule has 0 aliphatic carbocycles. The van der Waals surface area contributed by atoms with Gasteiger partial charge in [-0.05, 0) is 60.5 Å². The molecule has 5 nitrogen and oxygen atoms in total. The Balaban J connectivity index is 1.72. The Labute approximate surface area is 196 Å². The fourth-order valence-corrected chi connectivity index (χ4v) is 5.01. The summed E-state index contributed by atoms with van der Waals surface area (Å²) in [6.45, 7) is 14.2. The lowest BCUT2D eigenvalue weighted by atomic mass is 10.00. The molecule has 2 unspecified atom stereocenters. The van der Waals surface area contributed by atoms with E-state index in [0.29, 0.717) is 32.2 Å². The van der Waals surface area contributed by atoms with E-state index < -0.39 is 5.60 Å². The summed E-state index contributed by atoms with van der Waals surface area (Å²) in [6.07, 6.45) is 2.40. The Hall–Kier alpha value is -2.15. The molecule has 32 heavy (non-hydrogen) atoms. The molecular formula is C26H36N2O3S. The van der Waals surface area contributed by atoms with E-state index in [-0.39, 0.29) is 18.5 Å². The fourth-order valence-electron chi connectivity index (χ4n) is 4.08. The van der Waals surface area contributed by atoms with Crippen LogP contribution < -0.4 is 4.74 Å². The van der Waals surface area contributed by atoms with Crippen molar-refractivity contribution in [2.75, 3.05) is 32.8 Å². The minimum atomic E-state index is -1.02. The number of carbonyl (C=O) groups is 1. The Morgan fingerprint density at radius 1 is 1.38 bits per heavy atom. The van der Waals surface area contributed by atoms with Gasteiger partial charge in [0.1, 0.15) is 12.4 Å². The molecule has 1 aromatic carbocycles. The lowest BCUT2D eigenvalue weighted by Crippen LogP contribution is -2.49. The standard InChI is InChI=1S/C26H36N2O3S/c1-6-26(5,30)18-27(7-2)16-25(29)28-14-12-24-22(13-15-32-24)23(28)17-31-21-10-8-20(9-11-21)19(3)4/h6,8-11,13,15,19,23,30H,1,7,12,14,16-18H2,2-5H3. The monoisotopic (exact) mass is 456 g/mol. The molecule has 1 aliphatic heterocycles. The van der Waals surface area contributed by atoms with Crippen LogP contribution in [-0.2, 0) is 11.2 Å². The SMILES string of the molecule is C=CC(C)(O)CN(CC)CC(=O)N1CCc2sccc2C1COc1ccc(C(C)C)cc1. The van der Waals surface area contributed by atoms with Crippen LogP contribution in [0.1, 0.15) is 55.7 Å². The van der Waals surface area contributed by atoms with Crippen molar-refractivity contribution in [1.29, 1.82) is 0 Å². The third-order valence-electron chi connectivity index (χ3n) is 6.16. The summed E-state index contributed by atoms with van der Waals surface area (Å²) in [6, 6.07) is 10.2. The first-order chi connectivity index (χ1) is 15.2. The zero-order chi connectivity index (χ0) is 23.3. The number of rotatable bonds is 10. The molecule has 0 spiro atoms. The van der Waals surface area contributed by atoms with E-state index >= 15 is 0 Å². The Kier molecular flexibility index (Phi) is 8.15. The van der Waals surface area contributed by atoms with Gasteiger partial charge in [-0.3, -0.25) is 9.69 Å². The van der Waals surface area contributed by atoms with Gasteiger partial charge in [0, 0.05) is 18.0 Å². The first-order valence-electron chi connectivity index (χ1n) is 11.4. The smallest absolute Gasteiger partial charge is 0.237 e. The highest BCUT2D eigenvalue weighted by molar-refractivity contribution is 7.10. The van der Waals surface area contributed by atoms with Crippen molar-refractivity contribution in [3.05, 3.63) is 64.4 Å². The van der Waals surface area contributed by atoms with Gasteiger partial charge in [-0.25, -0.2) is 0 Å². The number of aliphatic hydroxyl groups is 1. The minimum absolute atomic E-state index is 0.0623. The molecular weight excluding hydrogens is 420 g/mol. The van der Waals surface area contributed by atoms with Crippen LogP contribution in [0.4, 0.5) is 0 Å². The maximum absolute atomic E-state index is 13.3. The van der Waals surface area contributed by atoms with Gasteiger partial charge in [0.15, 0.2) is 0 Å². The van der Waals surface area contributed by atoms with Crippen LogP contribution in [0.5, 0.6) is 5.75 Å². The maximum atomic E-state index is 13.3. The van der Waals surface area contributed by atoms with E-state index in [1.807, 2.05) is 28.9 Å². The molecule has 2 aromatic rings. The molecule has 2 atom stereocenters. The largest absolute Gasteiger partial charge is 0.491 e. The van der Waals surface area contributed by atoms with Gasteiger partial charge in [0.05, 0.1) is 18.2 Å². The van der Waals surface area contributed by atoms with Crippen LogP contribution in [0.25, 0.3) is 0 Å². The summed E-state index contributed by atoms with van der Waals surface area (Å²) in [5, 5.41) is 12.5. The maximum Gasteiger partial charge on any atom is 0.237 e. The fraction of sp³-hybridized carbons (Fsp3) is 0.500. The summed E-state index contributed by atoms with van der Waals surface area (Å²) in [5.41, 5.74) is 1.44. The van der Waals surface area contributed by atoms with Gasteiger partial charge in [0.25, 0.3) is 0 Å². The van der Waals surface area contributed by atoms with Crippen LogP contribution >= 0.6 is 11.3 Å². The van der Waals surface area contributed by atoms with Gasteiger partial charge in [-0.15, -0.1) is 17.9 Å². The topological polar surface area (TPSA) is 53.0 Å². The van der Waals surface area contributed by atoms with Gasteiger partial charge in [-0.2, -0.15) is 0 Å². The Morgan fingerprint density at radius 2 is 2.09 bits per heavy atom. The molecule has 0 fully saturated rings. The van der Waals surface area contributed by atoms with Crippen molar-refractivity contribution in [3.63, 3.8) is 0 Å². The van der Waals surface area contributed by atoms with Gasteiger partial charge >= 0.3 is 0 Å². The average molecular weight is 457 g/mol. The molecule has 1 N–H and O–H groups in total. The second-order valence-electron chi connectivity index (χ2n) is 9.05. The predicted molar refractivity (Wildman–Crippen MR) is 131 cm³/mol. The van der Waals surface area contributed by atoms with Crippen molar-refractivity contribution in [2.24, 2.45) is 0 Å². The number of hydrogen-bond donors (Lipinski definition) is 1. The molecule has 2 heterocycles. The predicted octanol–water partition coefficient (Wildman–Crippen LogP) is 4.64. The van der Waals surface area contributed by atoms with Crippen molar-refractivity contribution < 1.29 is 14.6 Å². The molecule has 1 aromatic heterocycles. The number of hydrogen-bond acceptors (Lipinski definition) is 5. The number of carbonyl (C=O) groups excluding carboxylic acids is 1. The lowest BCUT2D eigenvalue weighted by Gasteiger charge is -2.37. The molecule has 1 amide bonds. The second-order valence-corrected chi connectivity index (χ2v) is 10.1. The van der Waals surface area contributed by atoms with Gasteiger partial charge < -0.3 is 14.7 Å². The average Bonchev–Trinajstić information content (AvgIpc) is 3.26. The first-order valence-corrected chi connectivity index (χ1v) is 12.3. The quantitative estimate of drug-likeness (QED) is 0.530. The normalized spacial score (nSPS) is 17.8. The van der Waals surface area contributed by atoms with E-state index in [9.17, 15) is 9.90 Å². The van der Waals surface area contributed by atoms with Crippen LogP contribution in [0.2, 0.25) is 0 Å². The minimum Gasteiger partial charge on any atom is -0.491 e. The van der Waals surface area contributed by atoms with Crippen LogP contribution in [0, 0.1) is 0 Å². The highest BCUT2D eigenvalue weighted by Gasteiger charge is 2.33. The van der Waals surface area contributed by atoms with Crippen LogP contribution in [-0.4, -0.2) is 59.2 Å². The zero-order valence-electron chi connectivity index (χ0n) is 19.7. The number of fused-ring (bicyclic) bond motifs is 1. The summed E-state index contributed by atoms with van der Waals surface area (Å²) in [7, 11) is 0. The molecule has 3 rings (SSSR count). The molecule has 0 saturated carbocycles. The molecule has 6 heteroatoms. The van der Waals surface area contributed by atoms with Crippen LogP contribution in [0.15, 0.2) is 48.4 Å². The Bertz CT molecular complexity index is 904. The summed E-state index contributed by atoms with van der Waals surface area (Å²) >= 11 is 1.75. The van der Waals surface area contributed by atoms with E-state index in [1.165, 1.54) is 22.1 Å². The third kappa shape index (κ3) is 6.00. The molecule has 0 bridgehead atoms. The molecule has 0 radical (unpaired) electrons. The van der Waals surface area contributed by atoms with Crippen molar-refractivity contribution in [2.45, 2.75) is 51.7 Å². The van der Waals surface area contributed by atoms with Gasteiger partial charge in [0.2, 0.25) is 5.91 Å². The molecule has 174 valence electrons. The van der Waals surface area contributed by atoms with E-state index in [1.54, 1.807) is 18.3 Å². The number of thiophene rings is 1. The number of amides is 1. The van der Waals surface area contributed by atoms with Gasteiger partial charge in [-0.1, -0.05) is 39.0 Å². The summed E-state index contributed by atoms with van der Waals surface area (Å²) in [4.78, 5) is 18.6. The zero-order valence-corrected chi connectivity index (χ0v) is 20.5. The first kappa shape index (κ1) is 24.5. The van der Waals surface area contributed by atoms with E-state index in [0.717, 1.165) is 12.2 Å². The highest BCUT2D eigenvalue weighted by Crippen LogP contribution is 2.34. The molecule has 0 saturated heterocycles. The van der Waals surface area contributed by atoms with Crippen molar-refractivity contribution in [1.82, 2.24) is 9.80 Å². The molecule has 1 aliphatic rings. The number of nitrogens with zero attached hydrogens (tertiary/aromatic N) is 2. The van der Waals surface area contributed by atoms with Crippen molar-refractivity contribution in [3.8, 4) is 5.75 Å². The lowest BCUT2D eigenvalue weighted by molar-refractivity contribution is -0.136. The van der Waals surface area contributed by atoms with Crippen molar-refractivity contribution >= 4 is 17.2 Å². The van der Waals surface area contributed by atoms with E-state index in [2.05, 4.69) is 44.0 Å². The number of benzene rings is 1. The van der Waals surface area contributed by atoms with Crippen LogP contribution in [0.3, 0.4) is 0 Å². The Morgan fingerprint density at radius 3 is 2.72 bits per heavy atom. The number of likely N-dealkylation sites (N-methyl/N-ethyl adjacent to an activating group) is 1. The van der Waals surface area contributed by atoms with E-state index in [4.69, 9.17) is 4.74 Å². The highest BCUT2D eigenvalue weighted by atomic mass is 32.1.